The number of H-pyrrole nitrogens is 1. The van der Waals surface area contributed by atoms with E-state index in [1.54, 1.807) is 38.6 Å². The average Bonchev–Trinajstić information content (AvgIpc) is 3.38. The fraction of sp³-hybridized carbons (Fsp3) is 0.200. The Morgan fingerprint density at radius 3 is 3.04 bits per heavy atom. The third-order valence-electron chi connectivity index (χ3n) is 3.21. The van der Waals surface area contributed by atoms with E-state index in [-0.39, 0.29) is 11.7 Å². The van der Waals surface area contributed by atoms with Crippen LogP contribution in [0.2, 0.25) is 0 Å². The number of rotatable bonds is 9. The molecule has 11 nitrogen and oxygen atoms in total. The van der Waals surface area contributed by atoms with Gasteiger partial charge in [-0.1, -0.05) is 23.1 Å². The van der Waals surface area contributed by atoms with Gasteiger partial charge in [-0.25, -0.2) is 10.5 Å². The van der Waals surface area contributed by atoms with Crippen LogP contribution in [0.5, 0.6) is 11.5 Å². The summed E-state index contributed by atoms with van der Waals surface area (Å²) in [5.41, 5.74) is 5.01. The van der Waals surface area contributed by atoms with Gasteiger partial charge in [0.25, 0.3) is 0 Å². The zero-order valence-corrected chi connectivity index (χ0v) is 16.5. The van der Waals surface area contributed by atoms with Gasteiger partial charge in [-0.2, -0.15) is 10.1 Å². The van der Waals surface area contributed by atoms with E-state index in [2.05, 4.69) is 41.2 Å². The van der Waals surface area contributed by atoms with E-state index in [1.807, 2.05) is 0 Å². The predicted octanol–water partition coefficient (Wildman–Crippen LogP) is 1.85. The highest BCUT2D eigenvalue weighted by Crippen LogP contribution is 2.22. The lowest BCUT2D eigenvalue weighted by atomic mass is 10.2. The number of hydrogen-bond acceptors (Lipinski definition) is 11. The van der Waals surface area contributed by atoms with Gasteiger partial charge in [-0.05, 0) is 18.2 Å². The van der Waals surface area contributed by atoms with Crippen molar-refractivity contribution in [1.29, 1.82) is 0 Å². The summed E-state index contributed by atoms with van der Waals surface area (Å²) in [6.07, 6.45) is 1.58. The summed E-state index contributed by atoms with van der Waals surface area (Å²) < 4.78 is 10.5. The molecule has 1 aromatic carbocycles. The maximum absolute atomic E-state index is 11.8. The minimum absolute atomic E-state index is 0.140. The molecule has 2 heterocycles. The lowest BCUT2D eigenvalue weighted by Crippen LogP contribution is -2.13. The van der Waals surface area contributed by atoms with Crippen molar-refractivity contribution in [2.75, 3.05) is 30.7 Å². The molecule has 28 heavy (non-hydrogen) atoms. The van der Waals surface area contributed by atoms with Gasteiger partial charge in [0.2, 0.25) is 22.1 Å². The van der Waals surface area contributed by atoms with Crippen LogP contribution >= 0.6 is 23.1 Å². The normalized spacial score (nSPS) is 10.8. The first-order valence-electron chi connectivity index (χ1n) is 7.80. The summed E-state index contributed by atoms with van der Waals surface area (Å²) in [5, 5.41) is 21.7. The molecule has 0 radical (unpaired) electrons. The highest BCUT2D eigenvalue weighted by molar-refractivity contribution is 7.99. The summed E-state index contributed by atoms with van der Waals surface area (Å²) in [6, 6.07) is 5.38. The number of carbonyl (C=O) groups is 1. The Kier molecular flexibility index (Phi) is 6.75. The number of hydrogen-bond donors (Lipinski definition) is 3. The van der Waals surface area contributed by atoms with Gasteiger partial charge in [0, 0.05) is 5.56 Å². The molecule has 0 saturated heterocycles. The van der Waals surface area contributed by atoms with Gasteiger partial charge in [-0.15, -0.1) is 15.3 Å². The molecule has 0 unspecified atom stereocenters. The Bertz CT molecular complexity index is 945. The molecule has 0 spiro atoms. The van der Waals surface area contributed by atoms with Crippen LogP contribution in [-0.2, 0) is 4.79 Å². The van der Waals surface area contributed by atoms with Crippen LogP contribution in [0, 0.1) is 0 Å². The summed E-state index contributed by atoms with van der Waals surface area (Å²) in [4.78, 5) is 16.0. The molecule has 0 bridgehead atoms. The molecule has 3 N–H and O–H groups in total. The van der Waals surface area contributed by atoms with Crippen molar-refractivity contribution in [3.8, 4) is 11.5 Å². The summed E-state index contributed by atoms with van der Waals surface area (Å²) >= 11 is 2.42. The van der Waals surface area contributed by atoms with Crippen molar-refractivity contribution in [3.05, 3.63) is 29.3 Å². The number of amides is 1. The fourth-order valence-electron chi connectivity index (χ4n) is 1.98. The maximum atomic E-state index is 11.8. The van der Waals surface area contributed by atoms with Crippen LogP contribution in [0.4, 0.5) is 11.1 Å². The van der Waals surface area contributed by atoms with E-state index < -0.39 is 0 Å². The van der Waals surface area contributed by atoms with E-state index in [1.165, 1.54) is 28.6 Å². The zero-order chi connectivity index (χ0) is 19.8. The molecule has 13 heteroatoms. The van der Waals surface area contributed by atoms with E-state index in [0.29, 0.717) is 27.7 Å². The predicted molar refractivity (Wildman–Crippen MR) is 106 cm³/mol. The van der Waals surface area contributed by atoms with Gasteiger partial charge >= 0.3 is 0 Å². The van der Waals surface area contributed by atoms with Crippen LogP contribution in [0.3, 0.4) is 0 Å². The monoisotopic (exact) mass is 420 g/mol. The topological polar surface area (TPSA) is 139 Å². The largest absolute Gasteiger partial charge is 0.497 e. The van der Waals surface area contributed by atoms with Crippen LogP contribution < -0.4 is 20.2 Å². The second-order valence-corrected chi connectivity index (χ2v) is 6.80. The molecule has 0 aliphatic heterocycles. The highest BCUT2D eigenvalue weighted by atomic mass is 32.2. The zero-order valence-electron chi connectivity index (χ0n) is 14.9. The molecular weight excluding hydrogens is 404 g/mol. The van der Waals surface area contributed by atoms with Gasteiger partial charge < -0.3 is 9.47 Å². The van der Waals surface area contributed by atoms with Crippen molar-refractivity contribution in [1.82, 2.24) is 25.4 Å². The van der Waals surface area contributed by atoms with Crippen LogP contribution in [-0.4, -0.2) is 57.5 Å². The number of carbonyl (C=O) groups excluding carboxylic acids is 1. The first-order chi connectivity index (χ1) is 13.7. The van der Waals surface area contributed by atoms with E-state index in [9.17, 15) is 4.79 Å². The second-order valence-electron chi connectivity index (χ2n) is 5.03. The Labute approximate surface area is 168 Å². The number of nitrogens with zero attached hydrogens (tertiary/aromatic N) is 5. The van der Waals surface area contributed by atoms with Crippen molar-refractivity contribution in [2.24, 2.45) is 5.10 Å². The van der Waals surface area contributed by atoms with Gasteiger partial charge in [0.15, 0.2) is 0 Å². The molecular formula is C15H16N8O3S2. The van der Waals surface area contributed by atoms with Crippen LogP contribution in [0.25, 0.3) is 0 Å². The molecule has 2 aromatic heterocycles. The molecule has 0 fully saturated rings. The quantitative estimate of drug-likeness (QED) is 0.269. The van der Waals surface area contributed by atoms with Crippen LogP contribution in [0.1, 0.15) is 5.56 Å². The van der Waals surface area contributed by atoms with Crippen LogP contribution in [0.15, 0.2) is 34.0 Å². The summed E-state index contributed by atoms with van der Waals surface area (Å²) in [5.74, 6) is 1.60. The van der Waals surface area contributed by atoms with Crippen molar-refractivity contribution in [3.63, 3.8) is 0 Å². The second kappa shape index (κ2) is 9.66. The number of methoxy groups -OCH3 is 2. The molecule has 146 valence electrons. The maximum Gasteiger partial charge on any atom is 0.240 e. The molecule has 1 amide bonds. The molecule has 0 atom stereocenters. The number of nitrogens with one attached hydrogen (secondary N) is 3. The minimum atomic E-state index is -0.218. The van der Waals surface area contributed by atoms with Crippen molar-refractivity contribution >= 4 is 46.3 Å². The Morgan fingerprint density at radius 1 is 1.39 bits per heavy atom. The first-order valence-corrected chi connectivity index (χ1v) is 9.67. The summed E-state index contributed by atoms with van der Waals surface area (Å²) in [6.45, 7) is 0. The lowest BCUT2D eigenvalue weighted by molar-refractivity contribution is -0.113. The fourth-order valence-corrected chi connectivity index (χ4v) is 3.04. The number of thioether (sulfide) groups is 1. The molecule has 3 aromatic rings. The smallest absolute Gasteiger partial charge is 0.240 e. The third kappa shape index (κ3) is 5.40. The number of aromatic amines is 1. The van der Waals surface area contributed by atoms with E-state index >= 15 is 0 Å². The molecule has 0 saturated carbocycles. The molecule has 3 rings (SSSR count). The number of aromatic nitrogens is 5. The minimum Gasteiger partial charge on any atom is -0.497 e. The molecule has 0 aliphatic rings. The van der Waals surface area contributed by atoms with E-state index in [4.69, 9.17) is 9.47 Å². The van der Waals surface area contributed by atoms with E-state index in [0.717, 1.165) is 5.56 Å². The average molecular weight is 420 g/mol. The number of anilines is 2. The highest BCUT2D eigenvalue weighted by Gasteiger charge is 2.09. The van der Waals surface area contributed by atoms with Gasteiger partial charge in [-0.3, -0.25) is 10.1 Å². The lowest BCUT2D eigenvalue weighted by Gasteiger charge is -2.06. The van der Waals surface area contributed by atoms with Gasteiger partial charge in [0.05, 0.1) is 26.2 Å². The first kappa shape index (κ1) is 19.6. The Hall–Kier alpha value is -3.19. The molecule has 0 aliphatic carbocycles. The third-order valence-corrected chi connectivity index (χ3v) is 4.67. The van der Waals surface area contributed by atoms with Crippen molar-refractivity contribution in [2.45, 2.75) is 5.16 Å². The Morgan fingerprint density at radius 2 is 2.29 bits per heavy atom. The Balaban J connectivity index is 1.52. The van der Waals surface area contributed by atoms with Gasteiger partial charge in [0.1, 0.15) is 17.0 Å². The SMILES string of the molecule is COc1ccc(OC)c(/C=N\Nc2nc(SCC(=O)Nc3nncs3)n[nH]2)c1. The standard InChI is InChI=1S/C15H16N8O3S2/c1-25-10-3-4-11(26-2)9(5-10)6-16-20-13-19-15(23-21-13)27-7-12(24)18-14-22-17-8-28-14/h3-6,8H,7H2,1-2H3,(H,18,22,24)(H2,19,20,21,23)/b16-6-. The summed E-state index contributed by atoms with van der Waals surface area (Å²) in [7, 11) is 3.16. The van der Waals surface area contributed by atoms with Crippen molar-refractivity contribution < 1.29 is 14.3 Å². The number of benzene rings is 1. The number of hydrazone groups is 1. The number of ether oxygens (including phenoxy) is 2.